The number of carboxylic acid groups (broad SMARTS) is 1. The number of amides is 1. The lowest BCUT2D eigenvalue weighted by molar-refractivity contribution is -0.137. The molecule has 0 spiro atoms. The van der Waals surface area contributed by atoms with E-state index < -0.39 is 27.7 Å². The number of aryl methyl sites for hydroxylation is 1. The van der Waals surface area contributed by atoms with Crippen molar-refractivity contribution in [3.8, 4) is 0 Å². The standard InChI is InChI=1S/C30H33FN4O5S/c1-34(2)16-5-17-35(41(3,39)40)24-12-10-23(11-13-24)32-29(21-7-4-6-20(18-21)8-15-27(36)37)28-25-14-9-22(31)19-26(25)33-30(28)38/h4,6-7,9-14,18-19,32H,5,8,15-17H2,1-3H3,(H,33,38)(H,36,37). The number of halogens is 1. The maximum Gasteiger partial charge on any atom is 0.303 e. The largest absolute Gasteiger partial charge is 0.481 e. The molecule has 1 heterocycles. The maximum atomic E-state index is 13.9. The van der Waals surface area contributed by atoms with E-state index in [2.05, 4.69) is 10.6 Å². The van der Waals surface area contributed by atoms with Crippen LogP contribution in [-0.4, -0.2) is 63.7 Å². The predicted molar refractivity (Wildman–Crippen MR) is 160 cm³/mol. The van der Waals surface area contributed by atoms with Crippen molar-refractivity contribution >= 4 is 50.2 Å². The molecule has 1 aliphatic heterocycles. The maximum absolute atomic E-state index is 13.9. The second-order valence-corrected chi connectivity index (χ2v) is 12.1. The van der Waals surface area contributed by atoms with Crippen molar-refractivity contribution in [2.45, 2.75) is 19.3 Å². The first-order valence-electron chi connectivity index (χ1n) is 13.1. The molecule has 41 heavy (non-hydrogen) atoms. The van der Waals surface area contributed by atoms with Gasteiger partial charge in [0.1, 0.15) is 5.82 Å². The number of hydrogen-bond acceptors (Lipinski definition) is 6. The summed E-state index contributed by atoms with van der Waals surface area (Å²) in [6.07, 6.45) is 2.10. The normalized spacial score (nSPS) is 14.0. The first-order valence-corrected chi connectivity index (χ1v) is 14.9. The molecule has 1 amide bonds. The Bertz CT molecular complexity index is 1590. The fraction of sp³-hybridized carbons (Fsp3) is 0.267. The van der Waals surface area contributed by atoms with Crippen LogP contribution in [0.1, 0.15) is 29.5 Å². The highest BCUT2D eigenvalue weighted by Gasteiger charge is 2.29. The molecule has 1 aliphatic rings. The minimum Gasteiger partial charge on any atom is -0.481 e. The summed E-state index contributed by atoms with van der Waals surface area (Å²) in [4.78, 5) is 26.3. The summed E-state index contributed by atoms with van der Waals surface area (Å²) in [6, 6.07) is 18.2. The molecule has 3 N–H and O–H groups in total. The number of nitrogens with one attached hydrogen (secondary N) is 2. The Kier molecular flexibility index (Phi) is 9.09. The number of carbonyl (C=O) groups is 2. The van der Waals surface area contributed by atoms with Gasteiger partial charge in [0, 0.05) is 24.2 Å². The van der Waals surface area contributed by atoms with Gasteiger partial charge in [-0.3, -0.25) is 13.9 Å². The lowest BCUT2D eigenvalue weighted by Gasteiger charge is -2.24. The van der Waals surface area contributed by atoms with Crippen LogP contribution in [0.5, 0.6) is 0 Å². The van der Waals surface area contributed by atoms with Gasteiger partial charge in [0.05, 0.1) is 28.9 Å². The molecule has 0 fully saturated rings. The Morgan fingerprint density at radius 3 is 2.41 bits per heavy atom. The average molecular weight is 581 g/mol. The van der Waals surface area contributed by atoms with Gasteiger partial charge in [-0.05, 0) is 93.1 Å². The van der Waals surface area contributed by atoms with Crippen LogP contribution in [0.4, 0.5) is 21.5 Å². The molecule has 0 unspecified atom stereocenters. The number of aliphatic carboxylic acids is 1. The quantitative estimate of drug-likeness (QED) is 0.270. The highest BCUT2D eigenvalue weighted by molar-refractivity contribution is 7.92. The molecule has 3 aromatic rings. The highest BCUT2D eigenvalue weighted by Crippen LogP contribution is 2.38. The second-order valence-electron chi connectivity index (χ2n) is 10.2. The zero-order chi connectivity index (χ0) is 29.7. The van der Waals surface area contributed by atoms with Crippen molar-refractivity contribution in [2.24, 2.45) is 0 Å². The third-order valence-corrected chi connectivity index (χ3v) is 7.80. The lowest BCUT2D eigenvalue weighted by Crippen LogP contribution is -2.32. The van der Waals surface area contributed by atoms with Crippen LogP contribution in [-0.2, 0) is 26.0 Å². The third kappa shape index (κ3) is 7.50. The first kappa shape index (κ1) is 29.8. The molecule has 0 atom stereocenters. The summed E-state index contributed by atoms with van der Waals surface area (Å²) in [5.74, 6) is -1.81. The molecule has 4 rings (SSSR count). The molecule has 0 aliphatic carbocycles. The average Bonchev–Trinajstić information content (AvgIpc) is 3.22. The van der Waals surface area contributed by atoms with Crippen molar-refractivity contribution in [3.63, 3.8) is 0 Å². The smallest absolute Gasteiger partial charge is 0.303 e. The number of hydrogen-bond donors (Lipinski definition) is 3. The van der Waals surface area contributed by atoms with E-state index in [1.54, 1.807) is 36.4 Å². The van der Waals surface area contributed by atoms with Crippen LogP contribution >= 0.6 is 0 Å². The highest BCUT2D eigenvalue weighted by atomic mass is 32.2. The Morgan fingerprint density at radius 2 is 1.76 bits per heavy atom. The summed E-state index contributed by atoms with van der Waals surface area (Å²) in [5.41, 5.74) is 4.15. The van der Waals surface area contributed by atoms with E-state index in [1.165, 1.54) is 28.8 Å². The Morgan fingerprint density at radius 1 is 1.02 bits per heavy atom. The van der Waals surface area contributed by atoms with E-state index in [0.29, 0.717) is 58.8 Å². The first-order chi connectivity index (χ1) is 19.4. The van der Waals surface area contributed by atoms with Crippen LogP contribution in [0.25, 0.3) is 11.3 Å². The van der Waals surface area contributed by atoms with Gasteiger partial charge < -0.3 is 20.6 Å². The minimum absolute atomic E-state index is 0.0434. The van der Waals surface area contributed by atoms with Gasteiger partial charge in [0.2, 0.25) is 10.0 Å². The molecule has 0 saturated heterocycles. The lowest BCUT2D eigenvalue weighted by atomic mass is 9.97. The number of carboxylic acids is 1. The molecule has 9 nitrogen and oxygen atoms in total. The molecule has 11 heteroatoms. The summed E-state index contributed by atoms with van der Waals surface area (Å²) in [6.45, 7) is 1.07. The Balaban J connectivity index is 1.73. The van der Waals surface area contributed by atoms with Gasteiger partial charge in [-0.15, -0.1) is 0 Å². The van der Waals surface area contributed by atoms with Crippen molar-refractivity contribution < 1.29 is 27.5 Å². The summed E-state index contributed by atoms with van der Waals surface area (Å²) in [5, 5.41) is 15.2. The van der Waals surface area contributed by atoms with E-state index >= 15 is 0 Å². The van der Waals surface area contributed by atoms with Crippen molar-refractivity contribution in [1.29, 1.82) is 0 Å². The topological polar surface area (TPSA) is 119 Å². The molecule has 0 radical (unpaired) electrons. The number of sulfonamides is 1. The van der Waals surface area contributed by atoms with E-state index in [9.17, 15) is 22.4 Å². The zero-order valence-electron chi connectivity index (χ0n) is 23.1. The van der Waals surface area contributed by atoms with E-state index in [1.807, 2.05) is 31.1 Å². The molecule has 0 saturated carbocycles. The fourth-order valence-corrected chi connectivity index (χ4v) is 5.64. The van der Waals surface area contributed by atoms with Gasteiger partial charge in [0.15, 0.2) is 0 Å². The van der Waals surface area contributed by atoms with Crippen molar-refractivity contribution in [3.05, 3.63) is 89.2 Å². The summed E-state index contributed by atoms with van der Waals surface area (Å²) >= 11 is 0. The Hall–Kier alpha value is -4.22. The molecular weight excluding hydrogens is 547 g/mol. The number of carbonyl (C=O) groups excluding carboxylic acids is 1. The molecule has 0 bridgehead atoms. The number of fused-ring (bicyclic) bond motifs is 1. The molecular formula is C30H33FN4O5S. The number of rotatable bonds is 12. The molecule has 3 aromatic carbocycles. The van der Waals surface area contributed by atoms with E-state index in [0.717, 1.165) is 12.1 Å². The van der Waals surface area contributed by atoms with Crippen LogP contribution in [0.15, 0.2) is 66.7 Å². The van der Waals surface area contributed by atoms with Crippen molar-refractivity contribution in [1.82, 2.24) is 4.90 Å². The zero-order valence-corrected chi connectivity index (χ0v) is 24.0. The van der Waals surface area contributed by atoms with Gasteiger partial charge >= 0.3 is 5.97 Å². The third-order valence-electron chi connectivity index (χ3n) is 6.61. The number of anilines is 3. The number of benzene rings is 3. The van der Waals surface area contributed by atoms with Crippen LogP contribution in [0.3, 0.4) is 0 Å². The Labute approximate surface area is 239 Å². The van der Waals surface area contributed by atoms with Gasteiger partial charge in [-0.1, -0.05) is 18.2 Å². The van der Waals surface area contributed by atoms with E-state index in [4.69, 9.17) is 5.11 Å². The van der Waals surface area contributed by atoms with Gasteiger partial charge in [0.25, 0.3) is 5.91 Å². The van der Waals surface area contributed by atoms with Crippen LogP contribution in [0.2, 0.25) is 0 Å². The minimum atomic E-state index is -3.51. The summed E-state index contributed by atoms with van der Waals surface area (Å²) < 4.78 is 40.3. The van der Waals surface area contributed by atoms with E-state index in [-0.39, 0.29) is 6.42 Å². The summed E-state index contributed by atoms with van der Waals surface area (Å²) in [7, 11) is 0.350. The predicted octanol–water partition coefficient (Wildman–Crippen LogP) is 4.49. The number of nitrogens with zero attached hydrogens (tertiary/aromatic N) is 2. The molecule has 0 aromatic heterocycles. The monoisotopic (exact) mass is 580 g/mol. The van der Waals surface area contributed by atoms with Crippen molar-refractivity contribution in [2.75, 3.05) is 48.4 Å². The SMILES string of the molecule is CN(C)CCCN(c1ccc(NC(=C2C(=O)Nc3cc(F)ccc32)c2cccc(CCC(=O)O)c2)cc1)S(C)(=O)=O. The second kappa shape index (κ2) is 12.5. The van der Waals surface area contributed by atoms with Gasteiger partial charge in [-0.2, -0.15) is 0 Å². The van der Waals surface area contributed by atoms with Crippen LogP contribution in [0, 0.1) is 5.82 Å². The van der Waals surface area contributed by atoms with Gasteiger partial charge in [-0.25, -0.2) is 12.8 Å². The van der Waals surface area contributed by atoms with Crippen LogP contribution < -0.4 is 14.9 Å². The fourth-order valence-electron chi connectivity index (χ4n) is 4.68. The molecule has 216 valence electrons.